The lowest BCUT2D eigenvalue weighted by molar-refractivity contribution is -0.164. The van der Waals surface area contributed by atoms with E-state index in [1.165, 1.54) is 19.3 Å². The molecule has 0 radical (unpaired) electrons. The molecule has 0 amide bonds. The van der Waals surface area contributed by atoms with Gasteiger partial charge in [-0.3, -0.25) is 4.79 Å². The van der Waals surface area contributed by atoms with E-state index in [1.54, 1.807) is 0 Å². The predicted molar refractivity (Wildman–Crippen MR) is 68.9 cm³/mol. The molecule has 1 saturated heterocycles. The molecule has 1 heterocycles. The van der Waals surface area contributed by atoms with Crippen molar-refractivity contribution < 1.29 is 9.53 Å². The van der Waals surface area contributed by atoms with Crippen LogP contribution >= 0.6 is 0 Å². The minimum atomic E-state index is -0.356. The van der Waals surface area contributed by atoms with Crippen molar-refractivity contribution in [2.45, 2.75) is 77.4 Å². The van der Waals surface area contributed by atoms with Gasteiger partial charge in [0.1, 0.15) is 5.60 Å². The third-order valence-electron chi connectivity index (χ3n) is 4.93. The fourth-order valence-electron chi connectivity index (χ4n) is 4.04. The number of carbonyl (C=O) groups excluding carboxylic acids is 1. The van der Waals surface area contributed by atoms with Gasteiger partial charge in [0, 0.05) is 6.42 Å². The van der Waals surface area contributed by atoms with Gasteiger partial charge in [0.2, 0.25) is 0 Å². The van der Waals surface area contributed by atoms with Crippen LogP contribution in [0.5, 0.6) is 0 Å². The topological polar surface area (TPSA) is 26.3 Å². The molecule has 0 aromatic rings. The zero-order valence-corrected chi connectivity index (χ0v) is 11.7. The SMILES string of the molecule is CC.CC1(C)OC23CC1CCC2CCCC3=O. The zero-order valence-electron chi connectivity index (χ0n) is 11.7. The van der Waals surface area contributed by atoms with Crippen LogP contribution < -0.4 is 0 Å². The molecule has 98 valence electrons. The van der Waals surface area contributed by atoms with Gasteiger partial charge in [0.05, 0.1) is 5.60 Å². The molecule has 2 heteroatoms. The van der Waals surface area contributed by atoms with Gasteiger partial charge < -0.3 is 4.74 Å². The maximum absolute atomic E-state index is 12.2. The maximum atomic E-state index is 12.2. The Kier molecular flexibility index (Phi) is 3.37. The van der Waals surface area contributed by atoms with Crippen molar-refractivity contribution in [3.05, 3.63) is 0 Å². The summed E-state index contributed by atoms with van der Waals surface area (Å²) in [6.45, 7) is 8.33. The Morgan fingerprint density at radius 2 is 1.76 bits per heavy atom. The molecule has 2 aliphatic carbocycles. The summed E-state index contributed by atoms with van der Waals surface area (Å²) >= 11 is 0. The molecule has 2 saturated carbocycles. The summed E-state index contributed by atoms with van der Waals surface area (Å²) in [4.78, 5) is 12.2. The Bertz CT molecular complexity index is 308. The molecule has 17 heavy (non-hydrogen) atoms. The van der Waals surface area contributed by atoms with E-state index in [1.807, 2.05) is 13.8 Å². The standard InChI is InChI=1S/C13H20O2.C2H6/c1-12(2)10-7-6-9-4-3-5-11(14)13(9,8-10)15-12;1-2/h9-10H,3-8H2,1-2H3;1-2H3. The average molecular weight is 238 g/mol. The second-order valence-corrected chi connectivity index (χ2v) is 6.09. The first-order valence-corrected chi connectivity index (χ1v) is 7.28. The fourth-order valence-corrected chi connectivity index (χ4v) is 4.04. The van der Waals surface area contributed by atoms with Crippen LogP contribution in [0.25, 0.3) is 0 Å². The van der Waals surface area contributed by atoms with Gasteiger partial charge in [0.25, 0.3) is 0 Å². The highest BCUT2D eigenvalue weighted by atomic mass is 16.5. The molecule has 3 aliphatic rings. The Labute approximate surface area is 105 Å². The summed E-state index contributed by atoms with van der Waals surface area (Å²) in [6, 6.07) is 0. The molecule has 3 unspecified atom stereocenters. The van der Waals surface area contributed by atoms with Gasteiger partial charge in [-0.15, -0.1) is 0 Å². The van der Waals surface area contributed by atoms with Crippen molar-refractivity contribution in [1.82, 2.24) is 0 Å². The summed E-state index contributed by atoms with van der Waals surface area (Å²) in [6.07, 6.45) is 6.50. The van der Waals surface area contributed by atoms with Gasteiger partial charge in [-0.05, 0) is 57.8 Å². The first-order chi connectivity index (χ1) is 8.05. The van der Waals surface area contributed by atoms with Gasteiger partial charge in [0.15, 0.2) is 5.78 Å². The molecule has 1 aliphatic heterocycles. The van der Waals surface area contributed by atoms with Crippen LogP contribution in [-0.2, 0) is 9.53 Å². The van der Waals surface area contributed by atoms with Gasteiger partial charge >= 0.3 is 0 Å². The monoisotopic (exact) mass is 238 g/mol. The van der Waals surface area contributed by atoms with Crippen LogP contribution in [0, 0.1) is 11.8 Å². The van der Waals surface area contributed by atoms with Gasteiger partial charge in [-0.25, -0.2) is 0 Å². The molecule has 3 atom stereocenters. The molecule has 3 rings (SSSR count). The number of hydrogen-bond donors (Lipinski definition) is 0. The number of carbonyl (C=O) groups is 1. The summed E-state index contributed by atoms with van der Waals surface area (Å²) in [5, 5.41) is 0. The zero-order chi connectivity index (χ0) is 12.7. The molecule has 2 nitrogen and oxygen atoms in total. The highest BCUT2D eigenvalue weighted by molar-refractivity contribution is 5.89. The second kappa shape index (κ2) is 4.38. The van der Waals surface area contributed by atoms with Crippen LogP contribution in [-0.4, -0.2) is 17.0 Å². The van der Waals surface area contributed by atoms with E-state index >= 15 is 0 Å². The van der Waals surface area contributed by atoms with Crippen molar-refractivity contribution in [3.63, 3.8) is 0 Å². The Hall–Kier alpha value is -0.370. The normalized spacial score (nSPS) is 42.5. The largest absolute Gasteiger partial charge is 0.361 e. The molecule has 0 N–H and O–H groups in total. The molecular formula is C15H26O2. The van der Waals surface area contributed by atoms with Gasteiger partial charge in [-0.2, -0.15) is 0 Å². The Morgan fingerprint density at radius 1 is 1.12 bits per heavy atom. The molecule has 1 spiro atoms. The van der Waals surface area contributed by atoms with Crippen molar-refractivity contribution in [2.24, 2.45) is 11.8 Å². The van der Waals surface area contributed by atoms with E-state index in [-0.39, 0.29) is 11.2 Å². The molecule has 0 aromatic heterocycles. The summed E-state index contributed by atoms with van der Waals surface area (Å²) in [5.74, 6) is 1.53. The minimum absolute atomic E-state index is 0.0677. The number of fused-ring (bicyclic) bond motifs is 1. The number of hydrogen-bond acceptors (Lipinski definition) is 2. The van der Waals surface area contributed by atoms with E-state index in [4.69, 9.17) is 4.74 Å². The van der Waals surface area contributed by atoms with Crippen LogP contribution in [0.15, 0.2) is 0 Å². The lowest BCUT2D eigenvalue weighted by atomic mass is 9.64. The number of rotatable bonds is 0. The first-order valence-electron chi connectivity index (χ1n) is 7.28. The number of Topliss-reactive ketones (excluding diaryl/α,β-unsaturated/α-hetero) is 1. The van der Waals surface area contributed by atoms with Crippen molar-refractivity contribution >= 4 is 5.78 Å². The van der Waals surface area contributed by atoms with Crippen molar-refractivity contribution in [1.29, 1.82) is 0 Å². The van der Waals surface area contributed by atoms with E-state index < -0.39 is 0 Å². The van der Waals surface area contributed by atoms with E-state index in [2.05, 4.69) is 13.8 Å². The summed E-state index contributed by atoms with van der Waals surface area (Å²) in [7, 11) is 0. The van der Waals surface area contributed by atoms with Gasteiger partial charge in [-0.1, -0.05) is 13.8 Å². The summed E-state index contributed by atoms with van der Waals surface area (Å²) < 4.78 is 6.23. The molecular weight excluding hydrogens is 212 g/mol. The quantitative estimate of drug-likeness (QED) is 0.643. The van der Waals surface area contributed by atoms with E-state index in [0.717, 1.165) is 19.3 Å². The fraction of sp³-hybridized carbons (Fsp3) is 0.933. The smallest absolute Gasteiger partial charge is 0.164 e. The third kappa shape index (κ3) is 1.85. The first kappa shape index (κ1) is 13.1. The minimum Gasteiger partial charge on any atom is -0.361 e. The molecule has 0 aromatic carbocycles. The van der Waals surface area contributed by atoms with Crippen LogP contribution in [0.4, 0.5) is 0 Å². The average Bonchev–Trinajstić information content (AvgIpc) is 2.52. The highest BCUT2D eigenvalue weighted by Crippen LogP contribution is 2.56. The number of ketones is 1. The van der Waals surface area contributed by atoms with Crippen molar-refractivity contribution in [3.8, 4) is 0 Å². The van der Waals surface area contributed by atoms with Crippen LogP contribution in [0.2, 0.25) is 0 Å². The lowest BCUT2D eigenvalue weighted by Crippen LogP contribution is -2.50. The van der Waals surface area contributed by atoms with E-state index in [0.29, 0.717) is 17.6 Å². The third-order valence-corrected chi connectivity index (χ3v) is 4.93. The van der Waals surface area contributed by atoms with Crippen LogP contribution in [0.3, 0.4) is 0 Å². The summed E-state index contributed by atoms with van der Waals surface area (Å²) in [5.41, 5.74) is -0.424. The molecule has 3 fully saturated rings. The molecule has 2 bridgehead atoms. The van der Waals surface area contributed by atoms with Crippen LogP contribution in [0.1, 0.15) is 66.2 Å². The Balaban J connectivity index is 0.000000514. The maximum Gasteiger partial charge on any atom is 0.164 e. The number of ether oxygens (including phenoxy) is 1. The van der Waals surface area contributed by atoms with Crippen molar-refractivity contribution in [2.75, 3.05) is 0 Å². The van der Waals surface area contributed by atoms with E-state index in [9.17, 15) is 4.79 Å². The predicted octanol–water partition coefficient (Wildman–Crippen LogP) is 3.73. The second-order valence-electron chi connectivity index (χ2n) is 6.09. The Morgan fingerprint density at radius 3 is 2.47 bits per heavy atom. The highest BCUT2D eigenvalue weighted by Gasteiger charge is 2.61. The lowest BCUT2D eigenvalue weighted by Gasteiger charge is -2.41.